The van der Waals surface area contributed by atoms with Crippen LogP contribution in [0.25, 0.3) is 0 Å². The molecule has 0 fully saturated rings. The van der Waals surface area contributed by atoms with Crippen molar-refractivity contribution in [3.05, 3.63) is 0 Å². The molecule has 0 rings (SSSR count). The third-order valence-electron chi connectivity index (χ3n) is 4.13. The van der Waals surface area contributed by atoms with Crippen molar-refractivity contribution in [3.8, 4) is 0 Å². The summed E-state index contributed by atoms with van der Waals surface area (Å²) in [5.74, 6) is 20.7. The maximum absolute atomic E-state index is 4.54. The number of hydrogen-bond acceptors (Lipinski definition) is 15. The predicted octanol–water partition coefficient (Wildman–Crippen LogP) is 8.25. The van der Waals surface area contributed by atoms with Crippen molar-refractivity contribution < 1.29 is 0 Å². The zero-order chi connectivity index (χ0) is 27.4. The van der Waals surface area contributed by atoms with Crippen molar-refractivity contribution in [2.45, 2.75) is 15.7 Å². The topological polar surface area (TPSA) is 0 Å². The second kappa shape index (κ2) is 34.9. The summed E-state index contributed by atoms with van der Waals surface area (Å²) >= 11 is 37.8. The van der Waals surface area contributed by atoms with Crippen LogP contribution in [0.15, 0.2) is 0 Å². The molecule has 0 amide bonds. The van der Waals surface area contributed by atoms with Crippen LogP contribution in [0, 0.1) is 0 Å². The van der Waals surface area contributed by atoms with Crippen molar-refractivity contribution in [3.63, 3.8) is 0 Å². The fourth-order valence-corrected chi connectivity index (χ4v) is 38.5. The monoisotopic (exact) mass is 898 g/mol. The van der Waals surface area contributed by atoms with Gasteiger partial charge in [-0.15, -0.1) is 0 Å². The molecule has 0 aliphatic heterocycles. The summed E-state index contributed by atoms with van der Waals surface area (Å²) in [6.45, 7) is 0. The summed E-state index contributed by atoms with van der Waals surface area (Å²) in [7, 11) is 7.02. The van der Waals surface area contributed by atoms with Gasteiger partial charge in [-0.25, -0.2) is 0 Å². The number of thiol groups is 6. The molecule has 0 spiro atoms. The molecular formula is C21H45S15Sb. The van der Waals surface area contributed by atoms with Gasteiger partial charge in [-0.1, -0.05) is 0 Å². The molecule has 3 atom stereocenters. The molecule has 0 heterocycles. The second-order valence-corrected chi connectivity index (χ2v) is 39.2. The summed E-state index contributed by atoms with van der Waals surface area (Å²) in [4.78, 5) is 0. The normalized spacial score (nSPS) is 14.4. The third-order valence-corrected chi connectivity index (χ3v) is 40.9. The van der Waals surface area contributed by atoms with E-state index in [0.29, 0.717) is 15.7 Å². The van der Waals surface area contributed by atoms with Crippen LogP contribution in [0.3, 0.4) is 0 Å². The van der Waals surface area contributed by atoms with Crippen LogP contribution in [0.2, 0.25) is 0 Å². The van der Waals surface area contributed by atoms with Crippen LogP contribution in [-0.2, 0) is 0 Å². The summed E-state index contributed by atoms with van der Waals surface area (Å²) in [6.07, 6.45) is 0. The second-order valence-electron chi connectivity index (χ2n) is 7.14. The average Bonchev–Trinajstić information content (AvgIpc) is 2.92. The van der Waals surface area contributed by atoms with Gasteiger partial charge >= 0.3 is 308 Å². The van der Waals surface area contributed by atoms with Gasteiger partial charge in [-0.05, 0) is 0 Å². The van der Waals surface area contributed by atoms with Gasteiger partial charge in [0.25, 0.3) is 0 Å². The standard InChI is InChI=1S/3C7H16S5.Sb/c3*8-1-3-11-6-7(5-10)12-4-2-9;/h3*7-10H,1-6H2;/q;;;+3/p-3. The van der Waals surface area contributed by atoms with E-state index in [4.69, 9.17) is 0 Å². The van der Waals surface area contributed by atoms with Crippen LogP contribution in [-0.4, -0.2) is 135 Å². The van der Waals surface area contributed by atoms with Crippen LogP contribution < -0.4 is 0 Å². The molecule has 0 nitrogen and oxygen atoms in total. The zero-order valence-corrected chi connectivity index (χ0v) is 36.5. The SMILES string of the molecule is SCCSC(CS)CSCC[S][Sb]([S]CCSCC(CS)SCCS)[S]CCSCC(CS)SCCS. The predicted molar refractivity (Wildman–Crippen MR) is 227 cm³/mol. The Labute approximate surface area is 303 Å². The van der Waals surface area contributed by atoms with Crippen molar-refractivity contribution in [2.24, 2.45) is 0 Å². The van der Waals surface area contributed by atoms with Crippen LogP contribution >= 0.6 is 173 Å². The molecule has 0 N–H and O–H groups in total. The van der Waals surface area contributed by atoms with Crippen molar-refractivity contribution in [1.82, 2.24) is 0 Å². The molecule has 3 unspecified atom stereocenters. The molecule has 0 aromatic heterocycles. The molecule has 0 radical (unpaired) electrons. The molecule has 0 saturated heterocycles. The van der Waals surface area contributed by atoms with Gasteiger partial charge in [0, 0.05) is 0 Å². The molecule has 0 saturated carbocycles. The number of thioether (sulfide) groups is 6. The Morgan fingerprint density at radius 2 is 0.703 bits per heavy atom. The average molecular weight is 900 g/mol. The molecule has 0 aliphatic carbocycles. The summed E-state index contributed by atoms with van der Waals surface area (Å²) in [5.41, 5.74) is 0. The fourth-order valence-electron chi connectivity index (χ4n) is 2.39. The van der Waals surface area contributed by atoms with Crippen LogP contribution in [0.4, 0.5) is 0 Å². The van der Waals surface area contributed by atoms with Gasteiger partial charge in [0.2, 0.25) is 0 Å². The Bertz CT molecular complexity index is 392. The Morgan fingerprint density at radius 3 is 0.946 bits per heavy atom. The fraction of sp³-hybridized carbons (Fsp3) is 1.00. The van der Waals surface area contributed by atoms with E-state index in [2.05, 4.69) is 138 Å². The van der Waals surface area contributed by atoms with E-state index in [0.717, 1.165) is 51.8 Å². The van der Waals surface area contributed by atoms with Crippen molar-refractivity contribution in [1.29, 1.82) is 0 Å². The Balaban J connectivity index is 4.31. The first-order valence-corrected chi connectivity index (χ1v) is 34.7. The van der Waals surface area contributed by atoms with Crippen LogP contribution in [0.5, 0.6) is 0 Å². The van der Waals surface area contributed by atoms with E-state index in [-0.39, 0.29) is 0 Å². The van der Waals surface area contributed by atoms with E-state index in [9.17, 15) is 0 Å². The minimum absolute atomic E-state index is 0.666. The first-order valence-electron chi connectivity index (χ1n) is 12.1. The molecule has 37 heavy (non-hydrogen) atoms. The van der Waals surface area contributed by atoms with Gasteiger partial charge in [-0.2, -0.15) is 0 Å². The molecule has 0 bridgehead atoms. The summed E-state index contributed by atoms with van der Waals surface area (Å²) < 4.78 is 0. The van der Waals surface area contributed by atoms with Gasteiger partial charge in [-0.3, -0.25) is 0 Å². The molecule has 16 heteroatoms. The first-order chi connectivity index (χ1) is 18.1. The summed E-state index contributed by atoms with van der Waals surface area (Å²) in [5, 5.41) is 2.00. The summed E-state index contributed by atoms with van der Waals surface area (Å²) in [6, 6.07) is 0. The molecule has 0 aromatic carbocycles. The van der Waals surface area contributed by atoms with E-state index in [1.165, 1.54) is 51.8 Å². The van der Waals surface area contributed by atoms with E-state index in [1.54, 1.807) is 0 Å². The quantitative estimate of drug-likeness (QED) is 0.0238. The van der Waals surface area contributed by atoms with Gasteiger partial charge in [0.15, 0.2) is 0 Å². The zero-order valence-electron chi connectivity index (χ0n) is 21.3. The van der Waals surface area contributed by atoms with E-state index in [1.807, 2.05) is 35.3 Å². The van der Waals surface area contributed by atoms with Gasteiger partial charge < -0.3 is 0 Å². The maximum atomic E-state index is 4.54. The number of hydrogen-bond donors (Lipinski definition) is 6. The van der Waals surface area contributed by atoms with Gasteiger partial charge in [0.1, 0.15) is 0 Å². The molecule has 224 valence electrons. The van der Waals surface area contributed by atoms with Crippen LogP contribution in [0.1, 0.15) is 0 Å². The minimum atomic E-state index is -1.38. The third kappa shape index (κ3) is 29.2. The molecule has 0 aliphatic rings. The van der Waals surface area contributed by atoms with E-state index < -0.39 is 16.0 Å². The van der Waals surface area contributed by atoms with Crippen molar-refractivity contribution in [2.75, 3.05) is 104 Å². The number of rotatable bonds is 30. The Kier molecular flexibility index (Phi) is 40.7. The Hall–Kier alpha value is 6.07. The first kappa shape index (κ1) is 43.1. The van der Waals surface area contributed by atoms with Gasteiger partial charge in [0.05, 0.1) is 0 Å². The van der Waals surface area contributed by atoms with E-state index >= 15 is 0 Å². The molecule has 0 aromatic rings. The Morgan fingerprint density at radius 1 is 0.405 bits per heavy atom. The molecular weight excluding hydrogens is 855 g/mol. The van der Waals surface area contributed by atoms with Crippen molar-refractivity contribution >= 4 is 189 Å².